The summed E-state index contributed by atoms with van der Waals surface area (Å²) >= 11 is 1.10. The Bertz CT molecular complexity index is 1140. The number of rotatable bonds is 6. The molecule has 0 aliphatic rings. The van der Waals surface area contributed by atoms with Crippen molar-refractivity contribution in [2.75, 3.05) is 4.72 Å². The molecule has 150 valence electrons. The van der Waals surface area contributed by atoms with Gasteiger partial charge in [-0.05, 0) is 55.5 Å². The number of carbonyl (C=O) groups excluding carboxylic acids is 1. The van der Waals surface area contributed by atoms with Gasteiger partial charge in [0, 0.05) is 5.56 Å². The van der Waals surface area contributed by atoms with Crippen LogP contribution in [-0.4, -0.2) is 20.5 Å². The fourth-order valence-electron chi connectivity index (χ4n) is 2.99. The molecular formula is C21H21N3O3S2. The molecule has 29 heavy (non-hydrogen) atoms. The van der Waals surface area contributed by atoms with Crippen LogP contribution < -0.4 is 10.1 Å². The Kier molecular flexibility index (Phi) is 6.14. The largest absolute Gasteiger partial charge is 0.278 e. The Balaban J connectivity index is 1.79. The smallest absolute Gasteiger partial charge is 0.273 e. The first-order valence-corrected chi connectivity index (χ1v) is 11.2. The summed E-state index contributed by atoms with van der Waals surface area (Å²) in [4.78, 5) is 12.6. The van der Waals surface area contributed by atoms with Gasteiger partial charge in [-0.2, -0.15) is 5.10 Å². The Morgan fingerprint density at radius 1 is 1.03 bits per heavy atom. The van der Waals surface area contributed by atoms with Gasteiger partial charge in [-0.25, -0.2) is 13.8 Å². The third kappa shape index (κ3) is 4.90. The molecule has 1 aromatic heterocycles. The second-order valence-corrected chi connectivity index (χ2v) is 9.45. The molecule has 2 N–H and O–H groups in total. The quantitative estimate of drug-likeness (QED) is 0.456. The van der Waals surface area contributed by atoms with Gasteiger partial charge in [0.25, 0.3) is 15.9 Å². The number of nitrogens with zero attached hydrogens (tertiary/aromatic N) is 1. The van der Waals surface area contributed by atoms with Crippen LogP contribution in [0.25, 0.3) is 0 Å². The van der Waals surface area contributed by atoms with Crippen molar-refractivity contribution in [1.29, 1.82) is 0 Å². The number of hydrogen-bond donors (Lipinski definition) is 2. The predicted octanol–water partition coefficient (Wildman–Crippen LogP) is 4.24. The fraction of sp³-hybridized carbons (Fsp3) is 0.143. The SMILES string of the molecule is Cc1cc(C)c(/C=N\NC(=O)c2ccccc2NS(=O)(=O)c2cccs2)c(C)c1. The van der Waals surface area contributed by atoms with E-state index in [0.717, 1.165) is 33.6 Å². The first kappa shape index (κ1) is 20.8. The van der Waals surface area contributed by atoms with Crippen molar-refractivity contribution < 1.29 is 13.2 Å². The maximum atomic E-state index is 12.6. The minimum atomic E-state index is -3.75. The number of anilines is 1. The van der Waals surface area contributed by atoms with Crippen molar-refractivity contribution in [3.05, 3.63) is 81.7 Å². The number of benzene rings is 2. The molecule has 8 heteroatoms. The molecule has 0 saturated heterocycles. The minimum absolute atomic E-state index is 0.177. The molecule has 2 aromatic carbocycles. The molecule has 0 fully saturated rings. The Hall–Kier alpha value is -2.97. The van der Waals surface area contributed by atoms with Crippen molar-refractivity contribution in [3.8, 4) is 0 Å². The first-order valence-electron chi connectivity index (χ1n) is 8.84. The predicted molar refractivity (Wildman–Crippen MR) is 117 cm³/mol. The highest BCUT2D eigenvalue weighted by molar-refractivity contribution is 7.94. The van der Waals surface area contributed by atoms with E-state index in [2.05, 4.69) is 15.2 Å². The Morgan fingerprint density at radius 2 is 1.72 bits per heavy atom. The van der Waals surface area contributed by atoms with Crippen molar-refractivity contribution >= 4 is 39.2 Å². The van der Waals surface area contributed by atoms with Crippen molar-refractivity contribution in [1.82, 2.24) is 5.43 Å². The van der Waals surface area contributed by atoms with Crippen LogP contribution >= 0.6 is 11.3 Å². The number of hydrogen-bond acceptors (Lipinski definition) is 5. The van der Waals surface area contributed by atoms with Gasteiger partial charge >= 0.3 is 0 Å². The molecule has 0 aliphatic carbocycles. The molecule has 0 bridgehead atoms. The number of carbonyl (C=O) groups is 1. The Morgan fingerprint density at radius 3 is 2.38 bits per heavy atom. The third-order valence-electron chi connectivity index (χ3n) is 4.27. The molecule has 3 rings (SSSR count). The number of hydrazone groups is 1. The summed E-state index contributed by atoms with van der Waals surface area (Å²) in [5, 5.41) is 5.73. The van der Waals surface area contributed by atoms with Gasteiger partial charge in [0.15, 0.2) is 0 Å². The summed E-state index contributed by atoms with van der Waals surface area (Å²) in [6, 6.07) is 13.7. The molecule has 0 unspecified atom stereocenters. The zero-order valence-corrected chi connectivity index (χ0v) is 17.9. The zero-order chi connectivity index (χ0) is 21.0. The van der Waals surface area contributed by atoms with Crippen LogP contribution in [0.15, 0.2) is 63.2 Å². The van der Waals surface area contributed by atoms with Gasteiger partial charge in [0.05, 0.1) is 17.5 Å². The summed E-state index contributed by atoms with van der Waals surface area (Å²) in [7, 11) is -3.75. The number of nitrogens with one attached hydrogen (secondary N) is 2. The van der Waals surface area contributed by atoms with E-state index >= 15 is 0 Å². The summed E-state index contributed by atoms with van der Waals surface area (Å²) < 4.78 is 27.6. The molecule has 0 atom stereocenters. The molecule has 0 saturated carbocycles. The van der Waals surface area contributed by atoms with Gasteiger partial charge in [-0.3, -0.25) is 9.52 Å². The minimum Gasteiger partial charge on any atom is -0.278 e. The third-order valence-corrected chi connectivity index (χ3v) is 7.04. The van der Waals surface area contributed by atoms with E-state index in [-0.39, 0.29) is 15.5 Å². The second-order valence-electron chi connectivity index (χ2n) is 6.59. The zero-order valence-electron chi connectivity index (χ0n) is 16.3. The van der Waals surface area contributed by atoms with E-state index in [9.17, 15) is 13.2 Å². The molecule has 1 heterocycles. The van der Waals surface area contributed by atoms with Gasteiger partial charge in [-0.15, -0.1) is 11.3 Å². The summed E-state index contributed by atoms with van der Waals surface area (Å²) in [5.74, 6) is -0.506. The standard InChI is InChI=1S/C21H21N3O3S2/c1-14-11-15(2)18(16(3)12-14)13-22-23-21(25)17-7-4-5-8-19(17)24-29(26,27)20-9-6-10-28-20/h4-13,24H,1-3H3,(H,23,25)/b22-13-. The van der Waals surface area contributed by atoms with Crippen LogP contribution in [0.2, 0.25) is 0 Å². The lowest BCUT2D eigenvalue weighted by molar-refractivity contribution is 0.0956. The van der Waals surface area contributed by atoms with Crippen LogP contribution in [0, 0.1) is 20.8 Å². The van der Waals surface area contributed by atoms with E-state index in [1.165, 1.54) is 12.1 Å². The first-order chi connectivity index (χ1) is 13.8. The highest BCUT2D eigenvalue weighted by Crippen LogP contribution is 2.23. The molecular weight excluding hydrogens is 406 g/mol. The number of amides is 1. The second kappa shape index (κ2) is 8.59. The van der Waals surface area contributed by atoms with Crippen LogP contribution in [0.4, 0.5) is 5.69 Å². The molecule has 3 aromatic rings. The van der Waals surface area contributed by atoms with E-state index in [0.29, 0.717) is 0 Å². The van der Waals surface area contributed by atoms with E-state index < -0.39 is 15.9 Å². The van der Waals surface area contributed by atoms with Crippen molar-refractivity contribution in [3.63, 3.8) is 0 Å². The van der Waals surface area contributed by atoms with Crippen LogP contribution in [0.1, 0.15) is 32.6 Å². The summed E-state index contributed by atoms with van der Waals surface area (Å²) in [6.45, 7) is 5.99. The maximum Gasteiger partial charge on any atom is 0.273 e. The number of thiophene rings is 1. The molecule has 6 nitrogen and oxygen atoms in total. The summed E-state index contributed by atoms with van der Waals surface area (Å²) in [5.41, 5.74) is 7.06. The average molecular weight is 428 g/mol. The van der Waals surface area contributed by atoms with E-state index in [4.69, 9.17) is 0 Å². The lowest BCUT2D eigenvalue weighted by Crippen LogP contribution is -2.21. The van der Waals surface area contributed by atoms with Gasteiger partial charge < -0.3 is 0 Å². The van der Waals surface area contributed by atoms with Crippen LogP contribution in [0.3, 0.4) is 0 Å². The van der Waals surface area contributed by atoms with Crippen LogP contribution in [0.5, 0.6) is 0 Å². The highest BCUT2D eigenvalue weighted by atomic mass is 32.2. The Labute approximate surface area is 174 Å². The summed E-state index contributed by atoms with van der Waals surface area (Å²) in [6.07, 6.45) is 1.60. The monoisotopic (exact) mass is 427 g/mol. The van der Waals surface area contributed by atoms with Gasteiger partial charge in [0.1, 0.15) is 4.21 Å². The van der Waals surface area contributed by atoms with Crippen molar-refractivity contribution in [2.45, 2.75) is 25.0 Å². The topological polar surface area (TPSA) is 87.6 Å². The lowest BCUT2D eigenvalue weighted by Gasteiger charge is -2.11. The number of sulfonamides is 1. The normalized spacial score (nSPS) is 11.6. The molecule has 0 aliphatic heterocycles. The van der Waals surface area contributed by atoms with E-state index in [1.807, 2.05) is 32.9 Å². The number of aryl methyl sites for hydroxylation is 3. The lowest BCUT2D eigenvalue weighted by atomic mass is 10.0. The maximum absolute atomic E-state index is 12.6. The average Bonchev–Trinajstić information content (AvgIpc) is 3.19. The highest BCUT2D eigenvalue weighted by Gasteiger charge is 2.19. The van der Waals surface area contributed by atoms with Gasteiger partial charge in [-0.1, -0.05) is 35.9 Å². The van der Waals surface area contributed by atoms with Crippen LogP contribution in [-0.2, 0) is 10.0 Å². The molecule has 0 radical (unpaired) electrons. The van der Waals surface area contributed by atoms with E-state index in [1.54, 1.807) is 35.9 Å². The number of para-hydroxylation sites is 1. The van der Waals surface area contributed by atoms with Gasteiger partial charge in [0.2, 0.25) is 0 Å². The van der Waals surface area contributed by atoms with Crippen molar-refractivity contribution in [2.24, 2.45) is 5.10 Å². The molecule has 0 spiro atoms. The fourth-order valence-corrected chi connectivity index (χ4v) is 5.06. The molecule has 1 amide bonds.